The third-order valence-electron chi connectivity index (χ3n) is 3.88. The highest BCUT2D eigenvalue weighted by atomic mass is 16.5. The fourth-order valence-corrected chi connectivity index (χ4v) is 2.94. The number of hydrogen-bond acceptors (Lipinski definition) is 5. The van der Waals surface area contributed by atoms with Crippen LogP contribution in [0.5, 0.6) is 0 Å². The lowest BCUT2D eigenvalue weighted by Crippen LogP contribution is -2.42. The van der Waals surface area contributed by atoms with Gasteiger partial charge >= 0.3 is 0 Å². The summed E-state index contributed by atoms with van der Waals surface area (Å²) in [5.74, 6) is 1.00. The van der Waals surface area contributed by atoms with Gasteiger partial charge in [0.1, 0.15) is 5.76 Å². The molecular formula is C19H34N4O3. The Bertz CT molecular complexity index is 590. The molecule has 1 aromatic heterocycles. The zero-order valence-corrected chi connectivity index (χ0v) is 17.3. The SMILES string of the molecule is Cc1cc(NC(=O)CN(CCN(C)C)C(=O)C[C@H](C)CC(C)(C)C)no1. The van der Waals surface area contributed by atoms with Gasteiger partial charge in [0.05, 0.1) is 6.54 Å². The lowest BCUT2D eigenvalue weighted by atomic mass is 9.84. The molecule has 0 bridgehead atoms. The Morgan fingerprint density at radius 2 is 1.92 bits per heavy atom. The molecule has 1 N–H and O–H groups in total. The summed E-state index contributed by atoms with van der Waals surface area (Å²) >= 11 is 0. The topological polar surface area (TPSA) is 78.7 Å². The van der Waals surface area contributed by atoms with E-state index in [1.807, 2.05) is 19.0 Å². The Hall–Kier alpha value is -1.89. The number of amides is 2. The van der Waals surface area contributed by atoms with Crippen LogP contribution in [-0.4, -0.2) is 60.5 Å². The second-order valence-corrected chi connectivity index (χ2v) is 8.56. The summed E-state index contributed by atoms with van der Waals surface area (Å²) in [5, 5.41) is 6.43. The highest BCUT2D eigenvalue weighted by Gasteiger charge is 2.23. The number of likely N-dealkylation sites (N-methyl/N-ethyl adjacent to an activating group) is 1. The van der Waals surface area contributed by atoms with Crippen molar-refractivity contribution in [1.82, 2.24) is 15.0 Å². The number of aryl methyl sites for hydroxylation is 1. The van der Waals surface area contributed by atoms with Crippen molar-refractivity contribution in [3.8, 4) is 0 Å². The first-order valence-electron chi connectivity index (χ1n) is 9.12. The molecule has 0 unspecified atom stereocenters. The summed E-state index contributed by atoms with van der Waals surface area (Å²) in [6.45, 7) is 11.6. The molecule has 1 aromatic rings. The Morgan fingerprint density at radius 3 is 2.42 bits per heavy atom. The number of rotatable bonds is 9. The number of hydrogen-bond donors (Lipinski definition) is 1. The molecular weight excluding hydrogens is 332 g/mol. The quantitative estimate of drug-likeness (QED) is 0.727. The van der Waals surface area contributed by atoms with Gasteiger partial charge in [0, 0.05) is 25.6 Å². The molecule has 26 heavy (non-hydrogen) atoms. The van der Waals surface area contributed by atoms with Crippen LogP contribution in [0, 0.1) is 18.3 Å². The summed E-state index contributed by atoms with van der Waals surface area (Å²) < 4.78 is 4.94. The molecule has 0 aromatic carbocycles. The van der Waals surface area contributed by atoms with E-state index in [-0.39, 0.29) is 29.7 Å². The summed E-state index contributed by atoms with van der Waals surface area (Å²) in [6, 6.07) is 1.65. The highest BCUT2D eigenvalue weighted by Crippen LogP contribution is 2.26. The number of carbonyl (C=O) groups excluding carboxylic acids is 2. The van der Waals surface area contributed by atoms with Crippen LogP contribution >= 0.6 is 0 Å². The maximum absolute atomic E-state index is 12.7. The van der Waals surface area contributed by atoms with Crippen molar-refractivity contribution in [2.24, 2.45) is 11.3 Å². The molecule has 1 heterocycles. The molecule has 7 nitrogen and oxygen atoms in total. The van der Waals surface area contributed by atoms with E-state index in [9.17, 15) is 9.59 Å². The monoisotopic (exact) mass is 366 g/mol. The molecule has 2 amide bonds. The van der Waals surface area contributed by atoms with Gasteiger partial charge in [-0.15, -0.1) is 0 Å². The normalized spacial score (nSPS) is 12.9. The lowest BCUT2D eigenvalue weighted by Gasteiger charge is -2.27. The maximum Gasteiger partial charge on any atom is 0.245 e. The number of nitrogens with one attached hydrogen (secondary N) is 1. The fourth-order valence-electron chi connectivity index (χ4n) is 2.94. The van der Waals surface area contributed by atoms with Crippen LogP contribution in [0.1, 0.15) is 46.3 Å². The van der Waals surface area contributed by atoms with E-state index in [4.69, 9.17) is 4.52 Å². The van der Waals surface area contributed by atoms with E-state index >= 15 is 0 Å². The van der Waals surface area contributed by atoms with E-state index < -0.39 is 0 Å². The summed E-state index contributed by atoms with van der Waals surface area (Å²) in [5.41, 5.74) is 0.177. The third kappa shape index (κ3) is 8.99. The van der Waals surface area contributed by atoms with E-state index in [2.05, 4.69) is 38.2 Å². The Morgan fingerprint density at radius 1 is 1.27 bits per heavy atom. The van der Waals surface area contributed by atoms with Crippen LogP contribution < -0.4 is 5.32 Å². The summed E-state index contributed by atoms with van der Waals surface area (Å²) in [7, 11) is 3.90. The highest BCUT2D eigenvalue weighted by molar-refractivity contribution is 5.93. The standard InChI is InChI=1S/C19H34N4O3/c1-14(12-19(3,4)5)10-18(25)23(9-8-22(6)7)13-17(24)20-16-11-15(2)26-21-16/h11,14H,8-10,12-13H2,1-7H3,(H,20,21,24)/t14-/m0/s1. The number of carbonyl (C=O) groups is 2. The van der Waals surface area contributed by atoms with Gasteiger partial charge in [-0.2, -0.15) is 0 Å². The molecule has 0 saturated heterocycles. The number of nitrogens with zero attached hydrogens (tertiary/aromatic N) is 3. The second-order valence-electron chi connectivity index (χ2n) is 8.56. The lowest BCUT2D eigenvalue weighted by molar-refractivity contribution is -0.135. The van der Waals surface area contributed by atoms with Crippen LogP contribution in [0.3, 0.4) is 0 Å². The molecule has 0 fully saturated rings. The molecule has 0 spiro atoms. The minimum absolute atomic E-state index is 0.00934. The Balaban J connectivity index is 2.67. The molecule has 0 aliphatic rings. The first-order chi connectivity index (χ1) is 12.0. The first-order valence-corrected chi connectivity index (χ1v) is 9.12. The van der Waals surface area contributed by atoms with Gasteiger partial charge in [-0.05, 0) is 38.8 Å². The van der Waals surface area contributed by atoms with E-state index in [0.717, 1.165) is 6.42 Å². The number of anilines is 1. The predicted octanol–water partition coefficient (Wildman–Crippen LogP) is 2.77. The van der Waals surface area contributed by atoms with Gasteiger partial charge in [-0.3, -0.25) is 9.59 Å². The minimum Gasteiger partial charge on any atom is -0.360 e. The molecule has 148 valence electrons. The molecule has 1 rings (SSSR count). The van der Waals surface area contributed by atoms with Gasteiger partial charge in [0.25, 0.3) is 0 Å². The molecule has 0 radical (unpaired) electrons. The largest absolute Gasteiger partial charge is 0.360 e. The smallest absolute Gasteiger partial charge is 0.245 e. The zero-order chi connectivity index (χ0) is 19.9. The van der Waals surface area contributed by atoms with Crippen molar-refractivity contribution in [2.45, 2.75) is 47.5 Å². The van der Waals surface area contributed by atoms with Crippen LogP contribution in [0.25, 0.3) is 0 Å². The van der Waals surface area contributed by atoms with Crippen LogP contribution in [0.15, 0.2) is 10.6 Å². The van der Waals surface area contributed by atoms with Crippen LogP contribution in [0.2, 0.25) is 0 Å². The van der Waals surface area contributed by atoms with Crippen molar-refractivity contribution in [3.63, 3.8) is 0 Å². The molecule has 1 atom stereocenters. The van der Waals surface area contributed by atoms with Gasteiger partial charge in [-0.1, -0.05) is 32.9 Å². The van der Waals surface area contributed by atoms with Crippen molar-refractivity contribution >= 4 is 17.6 Å². The van der Waals surface area contributed by atoms with Crippen LogP contribution in [-0.2, 0) is 9.59 Å². The van der Waals surface area contributed by atoms with Gasteiger partial charge < -0.3 is 19.6 Å². The van der Waals surface area contributed by atoms with E-state index in [0.29, 0.717) is 31.1 Å². The summed E-state index contributed by atoms with van der Waals surface area (Å²) in [4.78, 5) is 28.7. The Kier molecular flexibility index (Phi) is 8.27. The van der Waals surface area contributed by atoms with Gasteiger partial charge in [0.15, 0.2) is 5.82 Å². The van der Waals surface area contributed by atoms with Gasteiger partial charge in [-0.25, -0.2) is 0 Å². The van der Waals surface area contributed by atoms with Crippen molar-refractivity contribution in [3.05, 3.63) is 11.8 Å². The van der Waals surface area contributed by atoms with E-state index in [1.165, 1.54) is 0 Å². The third-order valence-corrected chi connectivity index (χ3v) is 3.88. The first kappa shape index (κ1) is 22.2. The molecule has 0 saturated carbocycles. The number of aromatic nitrogens is 1. The van der Waals surface area contributed by atoms with Crippen molar-refractivity contribution in [1.29, 1.82) is 0 Å². The zero-order valence-electron chi connectivity index (χ0n) is 17.3. The minimum atomic E-state index is -0.270. The van der Waals surface area contributed by atoms with Crippen LogP contribution in [0.4, 0.5) is 5.82 Å². The maximum atomic E-state index is 12.7. The molecule has 0 aliphatic carbocycles. The Labute approximate surface area is 157 Å². The van der Waals surface area contributed by atoms with Crippen molar-refractivity contribution < 1.29 is 14.1 Å². The molecule has 0 aliphatic heterocycles. The average Bonchev–Trinajstić information content (AvgIpc) is 2.85. The van der Waals surface area contributed by atoms with E-state index in [1.54, 1.807) is 17.9 Å². The van der Waals surface area contributed by atoms with Gasteiger partial charge in [0.2, 0.25) is 11.8 Å². The van der Waals surface area contributed by atoms with Crippen molar-refractivity contribution in [2.75, 3.05) is 39.0 Å². The fraction of sp³-hybridized carbons (Fsp3) is 0.737. The second kappa shape index (κ2) is 9.71. The summed E-state index contributed by atoms with van der Waals surface area (Å²) in [6.07, 6.45) is 1.41. The predicted molar refractivity (Wildman–Crippen MR) is 103 cm³/mol. The molecule has 7 heteroatoms. The average molecular weight is 367 g/mol.